The lowest BCUT2D eigenvalue weighted by molar-refractivity contribution is -0.131. The monoisotopic (exact) mass is 216 g/mol. The zero-order valence-electron chi connectivity index (χ0n) is 10.2. The van der Waals surface area contributed by atoms with E-state index >= 15 is 0 Å². The number of carbonyl (C=O) groups excluding carboxylic acids is 1. The lowest BCUT2D eigenvalue weighted by Gasteiger charge is -2.23. The fourth-order valence-corrected chi connectivity index (χ4v) is 1.34. The van der Waals surface area contributed by atoms with Crippen molar-refractivity contribution in [2.24, 2.45) is 0 Å². The predicted octanol–water partition coefficient (Wildman–Crippen LogP) is 0.559. The second kappa shape index (κ2) is 8.68. The zero-order valence-corrected chi connectivity index (χ0v) is 10.2. The van der Waals surface area contributed by atoms with Gasteiger partial charge in [-0.2, -0.15) is 0 Å². The Morgan fingerprint density at radius 1 is 1.20 bits per heavy atom. The van der Waals surface area contributed by atoms with Crippen LogP contribution >= 0.6 is 0 Å². The summed E-state index contributed by atoms with van der Waals surface area (Å²) in [5.74, 6) is 0.160. The molecular formula is C11H24N2O2. The van der Waals surface area contributed by atoms with Gasteiger partial charge >= 0.3 is 0 Å². The molecule has 0 aliphatic carbocycles. The first-order chi connectivity index (χ1) is 7.11. The molecular weight excluding hydrogens is 192 g/mol. The molecule has 0 saturated heterocycles. The van der Waals surface area contributed by atoms with E-state index < -0.39 is 0 Å². The first kappa shape index (κ1) is 14.4. The van der Waals surface area contributed by atoms with Crippen LogP contribution in [0.4, 0.5) is 0 Å². The molecule has 1 N–H and O–H groups in total. The Bertz CT molecular complexity index is 172. The third kappa shape index (κ3) is 7.33. The van der Waals surface area contributed by atoms with Crippen LogP contribution in [-0.4, -0.2) is 61.2 Å². The maximum Gasteiger partial charge on any atom is 0.222 e. The van der Waals surface area contributed by atoms with Crippen molar-refractivity contribution in [1.29, 1.82) is 0 Å². The first-order valence-corrected chi connectivity index (χ1v) is 5.65. The molecule has 0 aromatic rings. The highest BCUT2D eigenvalue weighted by Gasteiger charge is 2.11. The van der Waals surface area contributed by atoms with E-state index in [1.54, 1.807) is 0 Å². The Kier molecular flexibility index (Phi) is 8.33. The van der Waals surface area contributed by atoms with Gasteiger partial charge in [0.15, 0.2) is 0 Å². The molecule has 0 aliphatic rings. The summed E-state index contributed by atoms with van der Waals surface area (Å²) in [7, 11) is 4.00. The largest absolute Gasteiger partial charge is 0.396 e. The molecule has 90 valence electrons. The number of hydrogen-bond donors (Lipinski definition) is 1. The normalized spacial score (nSPS) is 10.7. The van der Waals surface area contributed by atoms with E-state index in [0.717, 1.165) is 26.1 Å². The highest BCUT2D eigenvalue weighted by atomic mass is 16.3. The Morgan fingerprint density at radius 2 is 1.87 bits per heavy atom. The number of rotatable bonds is 8. The van der Waals surface area contributed by atoms with Crippen LogP contribution in [-0.2, 0) is 4.79 Å². The van der Waals surface area contributed by atoms with Gasteiger partial charge in [0.05, 0.1) is 0 Å². The zero-order chi connectivity index (χ0) is 11.7. The number of nitrogens with zero attached hydrogens (tertiary/aromatic N) is 2. The van der Waals surface area contributed by atoms with Gasteiger partial charge in [-0.15, -0.1) is 0 Å². The lowest BCUT2D eigenvalue weighted by Crippen LogP contribution is -2.37. The van der Waals surface area contributed by atoms with E-state index in [0.29, 0.717) is 12.8 Å². The maximum absolute atomic E-state index is 11.7. The van der Waals surface area contributed by atoms with Crippen LogP contribution in [0.25, 0.3) is 0 Å². The van der Waals surface area contributed by atoms with Gasteiger partial charge in [0.1, 0.15) is 0 Å². The highest BCUT2D eigenvalue weighted by molar-refractivity contribution is 5.76. The summed E-state index contributed by atoms with van der Waals surface area (Å²) >= 11 is 0. The van der Waals surface area contributed by atoms with Crippen LogP contribution in [0.3, 0.4) is 0 Å². The van der Waals surface area contributed by atoms with E-state index in [9.17, 15) is 4.79 Å². The van der Waals surface area contributed by atoms with E-state index in [1.807, 2.05) is 19.0 Å². The van der Waals surface area contributed by atoms with Crippen molar-refractivity contribution in [3.8, 4) is 0 Å². The number of carbonyl (C=O) groups is 1. The fraction of sp³-hybridized carbons (Fsp3) is 0.909. The summed E-state index contributed by atoms with van der Waals surface area (Å²) in [5.41, 5.74) is 0. The molecule has 0 fully saturated rings. The first-order valence-electron chi connectivity index (χ1n) is 5.65. The average molecular weight is 216 g/mol. The van der Waals surface area contributed by atoms with Crippen molar-refractivity contribution in [2.45, 2.75) is 26.2 Å². The molecule has 0 aliphatic heterocycles. The summed E-state index contributed by atoms with van der Waals surface area (Å²) < 4.78 is 0. The number of amides is 1. The molecule has 0 saturated carbocycles. The van der Waals surface area contributed by atoms with Crippen LogP contribution in [0, 0.1) is 0 Å². The van der Waals surface area contributed by atoms with Gasteiger partial charge in [-0.25, -0.2) is 0 Å². The Labute approximate surface area is 92.9 Å². The van der Waals surface area contributed by atoms with E-state index in [2.05, 4.69) is 11.8 Å². The van der Waals surface area contributed by atoms with Crippen molar-refractivity contribution >= 4 is 5.91 Å². The molecule has 1 amide bonds. The molecule has 0 rings (SSSR count). The molecule has 0 spiro atoms. The van der Waals surface area contributed by atoms with Crippen molar-refractivity contribution in [3.05, 3.63) is 0 Å². The predicted molar refractivity (Wildman–Crippen MR) is 61.7 cm³/mol. The molecule has 0 aromatic carbocycles. The van der Waals surface area contributed by atoms with Crippen molar-refractivity contribution in [3.63, 3.8) is 0 Å². The number of hydrogen-bond acceptors (Lipinski definition) is 3. The van der Waals surface area contributed by atoms with Gasteiger partial charge in [0.25, 0.3) is 0 Å². The molecule has 0 atom stereocenters. The van der Waals surface area contributed by atoms with Crippen molar-refractivity contribution < 1.29 is 9.90 Å². The third-order valence-electron chi connectivity index (χ3n) is 2.21. The fourth-order valence-electron chi connectivity index (χ4n) is 1.34. The summed E-state index contributed by atoms with van der Waals surface area (Å²) in [6.07, 6.45) is 2.02. The van der Waals surface area contributed by atoms with Gasteiger partial charge < -0.3 is 14.9 Å². The van der Waals surface area contributed by atoms with Crippen LogP contribution < -0.4 is 0 Å². The summed E-state index contributed by atoms with van der Waals surface area (Å²) in [6.45, 7) is 4.66. The number of aliphatic hydroxyl groups is 1. The maximum atomic E-state index is 11.7. The molecule has 0 heterocycles. The van der Waals surface area contributed by atoms with Gasteiger partial charge in [-0.05, 0) is 26.9 Å². The SMILES string of the molecule is CCCN(CCN(C)C)C(=O)CCCO. The standard InChI is InChI=1S/C11H24N2O2/c1-4-7-13(9-8-12(2)3)11(15)6-5-10-14/h14H,4-10H2,1-3H3. The van der Waals surface area contributed by atoms with Crippen LogP contribution in [0.2, 0.25) is 0 Å². The second-order valence-corrected chi connectivity index (χ2v) is 4.01. The van der Waals surface area contributed by atoms with Crippen LogP contribution in [0.1, 0.15) is 26.2 Å². The minimum atomic E-state index is 0.0966. The smallest absolute Gasteiger partial charge is 0.222 e. The molecule has 4 nitrogen and oxygen atoms in total. The molecule has 4 heteroatoms. The number of aliphatic hydroxyl groups excluding tert-OH is 1. The summed E-state index contributed by atoms with van der Waals surface area (Å²) in [4.78, 5) is 15.7. The topological polar surface area (TPSA) is 43.8 Å². The van der Waals surface area contributed by atoms with E-state index in [4.69, 9.17) is 5.11 Å². The van der Waals surface area contributed by atoms with Gasteiger partial charge in [-0.3, -0.25) is 4.79 Å². The molecule has 0 unspecified atom stereocenters. The minimum Gasteiger partial charge on any atom is -0.396 e. The summed E-state index contributed by atoms with van der Waals surface area (Å²) in [6, 6.07) is 0. The van der Waals surface area contributed by atoms with Crippen molar-refractivity contribution in [1.82, 2.24) is 9.80 Å². The Hall–Kier alpha value is -0.610. The van der Waals surface area contributed by atoms with Crippen LogP contribution in [0.5, 0.6) is 0 Å². The Balaban J connectivity index is 3.94. The molecule has 0 aromatic heterocycles. The highest BCUT2D eigenvalue weighted by Crippen LogP contribution is 1.99. The number of likely N-dealkylation sites (N-methyl/N-ethyl adjacent to an activating group) is 1. The van der Waals surface area contributed by atoms with Crippen molar-refractivity contribution in [2.75, 3.05) is 40.3 Å². The van der Waals surface area contributed by atoms with Gasteiger partial charge in [-0.1, -0.05) is 6.92 Å². The van der Waals surface area contributed by atoms with Gasteiger partial charge in [0, 0.05) is 32.7 Å². The van der Waals surface area contributed by atoms with Gasteiger partial charge in [0.2, 0.25) is 5.91 Å². The molecule has 0 bridgehead atoms. The minimum absolute atomic E-state index is 0.0966. The third-order valence-corrected chi connectivity index (χ3v) is 2.21. The quantitative estimate of drug-likeness (QED) is 0.645. The molecule has 0 radical (unpaired) electrons. The lowest BCUT2D eigenvalue weighted by atomic mass is 10.2. The van der Waals surface area contributed by atoms with E-state index in [1.165, 1.54) is 0 Å². The molecule has 15 heavy (non-hydrogen) atoms. The Morgan fingerprint density at radius 3 is 2.33 bits per heavy atom. The average Bonchev–Trinajstić information content (AvgIpc) is 2.20. The second-order valence-electron chi connectivity index (χ2n) is 4.01. The van der Waals surface area contributed by atoms with Crippen LogP contribution in [0.15, 0.2) is 0 Å². The van der Waals surface area contributed by atoms with E-state index in [-0.39, 0.29) is 12.5 Å². The summed E-state index contributed by atoms with van der Waals surface area (Å²) in [5, 5.41) is 8.67.